The minimum absolute atomic E-state index is 0.0512. The quantitative estimate of drug-likeness (QED) is 0.805. The van der Waals surface area contributed by atoms with Crippen LogP contribution in [0.5, 0.6) is 5.75 Å². The Kier molecular flexibility index (Phi) is 5.46. The molecule has 24 heavy (non-hydrogen) atoms. The molecular formula is C17H15F3O4. The monoisotopic (exact) mass is 340 g/mol. The SMILES string of the molecule is COCCOc1cccc(C(=O)O)c1-c1ccc(C(F)(F)F)cc1. The predicted octanol–water partition coefficient (Wildman–Crippen LogP) is 4.10. The highest BCUT2D eigenvalue weighted by Crippen LogP contribution is 2.36. The van der Waals surface area contributed by atoms with Crippen molar-refractivity contribution in [2.75, 3.05) is 20.3 Å². The molecule has 0 fully saturated rings. The van der Waals surface area contributed by atoms with E-state index in [9.17, 15) is 23.1 Å². The first kappa shape index (κ1) is 17.8. The van der Waals surface area contributed by atoms with Crippen LogP contribution in [0.4, 0.5) is 13.2 Å². The minimum Gasteiger partial charge on any atom is -0.491 e. The fraction of sp³-hybridized carbons (Fsp3) is 0.235. The summed E-state index contributed by atoms with van der Waals surface area (Å²) < 4.78 is 48.4. The summed E-state index contributed by atoms with van der Waals surface area (Å²) in [6.07, 6.45) is -4.46. The van der Waals surface area contributed by atoms with Crippen LogP contribution in [0, 0.1) is 0 Å². The maximum absolute atomic E-state index is 12.7. The lowest BCUT2D eigenvalue weighted by Crippen LogP contribution is -2.08. The molecule has 0 aromatic heterocycles. The number of hydrogen-bond donors (Lipinski definition) is 1. The van der Waals surface area contributed by atoms with Crippen molar-refractivity contribution in [1.82, 2.24) is 0 Å². The molecule has 2 aromatic rings. The van der Waals surface area contributed by atoms with Crippen LogP contribution in [0.3, 0.4) is 0 Å². The zero-order chi connectivity index (χ0) is 17.7. The first-order chi connectivity index (χ1) is 11.3. The Bertz CT molecular complexity index is 709. The molecule has 1 N–H and O–H groups in total. The topological polar surface area (TPSA) is 55.8 Å². The van der Waals surface area contributed by atoms with Crippen LogP contribution in [0.25, 0.3) is 11.1 Å². The van der Waals surface area contributed by atoms with Crippen molar-refractivity contribution >= 4 is 5.97 Å². The van der Waals surface area contributed by atoms with E-state index in [1.807, 2.05) is 0 Å². The molecule has 0 radical (unpaired) electrons. The van der Waals surface area contributed by atoms with Crippen molar-refractivity contribution in [2.24, 2.45) is 0 Å². The summed E-state index contributed by atoms with van der Waals surface area (Å²) in [5, 5.41) is 9.35. The third kappa shape index (κ3) is 4.05. The molecule has 2 aromatic carbocycles. The Hall–Kier alpha value is -2.54. The largest absolute Gasteiger partial charge is 0.491 e. The van der Waals surface area contributed by atoms with Gasteiger partial charge in [-0.3, -0.25) is 0 Å². The summed E-state index contributed by atoms with van der Waals surface area (Å²) in [7, 11) is 1.49. The summed E-state index contributed by atoms with van der Waals surface area (Å²) >= 11 is 0. The second kappa shape index (κ2) is 7.35. The first-order valence-electron chi connectivity index (χ1n) is 7.00. The molecule has 0 bridgehead atoms. The van der Waals surface area contributed by atoms with Gasteiger partial charge in [-0.05, 0) is 29.8 Å². The van der Waals surface area contributed by atoms with Gasteiger partial charge >= 0.3 is 12.1 Å². The lowest BCUT2D eigenvalue weighted by Gasteiger charge is -2.15. The van der Waals surface area contributed by atoms with Gasteiger partial charge < -0.3 is 14.6 Å². The molecular weight excluding hydrogens is 325 g/mol. The summed E-state index contributed by atoms with van der Waals surface area (Å²) in [4.78, 5) is 11.4. The van der Waals surface area contributed by atoms with Gasteiger partial charge in [0, 0.05) is 12.7 Å². The summed E-state index contributed by atoms with van der Waals surface area (Å²) in [6.45, 7) is 0.483. The molecule has 0 aliphatic carbocycles. The minimum atomic E-state index is -4.46. The van der Waals surface area contributed by atoms with E-state index in [0.29, 0.717) is 12.2 Å². The van der Waals surface area contributed by atoms with E-state index in [0.717, 1.165) is 12.1 Å². The third-order valence-electron chi connectivity index (χ3n) is 3.30. The van der Waals surface area contributed by atoms with Crippen LogP contribution >= 0.6 is 0 Å². The number of alkyl halides is 3. The van der Waals surface area contributed by atoms with E-state index in [-0.39, 0.29) is 23.5 Å². The molecule has 0 aliphatic heterocycles. The number of halogens is 3. The fourth-order valence-corrected chi connectivity index (χ4v) is 2.19. The number of hydrogen-bond acceptors (Lipinski definition) is 3. The predicted molar refractivity (Wildman–Crippen MR) is 81.2 cm³/mol. The van der Waals surface area contributed by atoms with Gasteiger partial charge in [0.25, 0.3) is 0 Å². The van der Waals surface area contributed by atoms with E-state index in [4.69, 9.17) is 9.47 Å². The Morgan fingerprint density at radius 3 is 2.29 bits per heavy atom. The number of carboxylic acid groups (broad SMARTS) is 1. The third-order valence-corrected chi connectivity index (χ3v) is 3.30. The highest BCUT2D eigenvalue weighted by Gasteiger charge is 2.30. The van der Waals surface area contributed by atoms with Crippen molar-refractivity contribution in [3.8, 4) is 16.9 Å². The van der Waals surface area contributed by atoms with Crippen LogP contribution in [0.15, 0.2) is 42.5 Å². The Labute approximate surface area is 136 Å². The standard InChI is InChI=1S/C17H15F3O4/c1-23-9-10-24-14-4-2-3-13(16(21)22)15(14)11-5-7-12(8-6-11)17(18,19)20/h2-8H,9-10H2,1H3,(H,21,22). The molecule has 0 saturated heterocycles. The Morgan fingerprint density at radius 1 is 1.08 bits per heavy atom. The molecule has 2 rings (SSSR count). The van der Waals surface area contributed by atoms with Gasteiger partial charge in [-0.25, -0.2) is 4.79 Å². The summed E-state index contributed by atoms with van der Waals surface area (Å²) in [6, 6.07) is 8.73. The second-order valence-corrected chi connectivity index (χ2v) is 4.90. The van der Waals surface area contributed by atoms with Gasteiger partial charge in [0.2, 0.25) is 0 Å². The number of carbonyl (C=O) groups is 1. The normalized spacial score (nSPS) is 11.3. The Morgan fingerprint density at radius 2 is 1.75 bits per heavy atom. The maximum Gasteiger partial charge on any atom is 0.416 e. The van der Waals surface area contributed by atoms with Crippen LogP contribution in [-0.4, -0.2) is 31.4 Å². The van der Waals surface area contributed by atoms with E-state index < -0.39 is 17.7 Å². The molecule has 128 valence electrons. The van der Waals surface area contributed by atoms with Crippen LogP contribution in [-0.2, 0) is 10.9 Å². The molecule has 0 aliphatic rings. The molecule has 0 spiro atoms. The van der Waals surface area contributed by atoms with Gasteiger partial charge in [-0.2, -0.15) is 13.2 Å². The maximum atomic E-state index is 12.7. The van der Waals surface area contributed by atoms with Crippen LogP contribution in [0.1, 0.15) is 15.9 Å². The highest BCUT2D eigenvalue weighted by molar-refractivity contribution is 5.98. The highest BCUT2D eigenvalue weighted by atomic mass is 19.4. The first-order valence-corrected chi connectivity index (χ1v) is 7.00. The number of aromatic carboxylic acids is 1. The lowest BCUT2D eigenvalue weighted by molar-refractivity contribution is -0.137. The van der Waals surface area contributed by atoms with Crippen molar-refractivity contribution in [1.29, 1.82) is 0 Å². The lowest BCUT2D eigenvalue weighted by atomic mass is 9.97. The van der Waals surface area contributed by atoms with Gasteiger partial charge in [0.15, 0.2) is 0 Å². The van der Waals surface area contributed by atoms with E-state index in [1.54, 1.807) is 6.07 Å². The van der Waals surface area contributed by atoms with E-state index in [2.05, 4.69) is 0 Å². The summed E-state index contributed by atoms with van der Waals surface area (Å²) in [5.41, 5.74) is -0.297. The smallest absolute Gasteiger partial charge is 0.416 e. The van der Waals surface area contributed by atoms with Gasteiger partial charge in [-0.1, -0.05) is 18.2 Å². The van der Waals surface area contributed by atoms with E-state index in [1.165, 1.54) is 31.4 Å². The van der Waals surface area contributed by atoms with Gasteiger partial charge in [-0.15, -0.1) is 0 Å². The molecule has 0 heterocycles. The zero-order valence-electron chi connectivity index (χ0n) is 12.8. The van der Waals surface area contributed by atoms with E-state index >= 15 is 0 Å². The number of carboxylic acids is 1. The zero-order valence-corrected chi connectivity index (χ0v) is 12.8. The summed E-state index contributed by atoms with van der Waals surface area (Å²) in [5.74, 6) is -0.922. The number of methoxy groups -OCH3 is 1. The molecule has 0 amide bonds. The van der Waals surface area contributed by atoms with Gasteiger partial charge in [0.05, 0.1) is 17.7 Å². The van der Waals surface area contributed by atoms with Crippen molar-refractivity contribution in [2.45, 2.75) is 6.18 Å². The molecule has 7 heteroatoms. The second-order valence-electron chi connectivity index (χ2n) is 4.90. The van der Waals surface area contributed by atoms with Gasteiger partial charge in [0.1, 0.15) is 12.4 Å². The Balaban J connectivity index is 2.48. The van der Waals surface area contributed by atoms with Crippen molar-refractivity contribution in [3.05, 3.63) is 53.6 Å². The average molecular weight is 340 g/mol. The molecule has 0 saturated carbocycles. The number of benzene rings is 2. The molecule has 4 nitrogen and oxygen atoms in total. The van der Waals surface area contributed by atoms with Crippen LogP contribution < -0.4 is 4.74 Å². The van der Waals surface area contributed by atoms with Crippen molar-refractivity contribution < 1.29 is 32.5 Å². The molecule has 0 atom stereocenters. The van der Waals surface area contributed by atoms with Crippen molar-refractivity contribution in [3.63, 3.8) is 0 Å². The van der Waals surface area contributed by atoms with Crippen LogP contribution in [0.2, 0.25) is 0 Å². The number of ether oxygens (including phenoxy) is 2. The average Bonchev–Trinajstić information content (AvgIpc) is 2.54. The fourth-order valence-electron chi connectivity index (χ4n) is 2.19. The number of rotatable bonds is 6. The molecule has 0 unspecified atom stereocenters.